The van der Waals surface area contributed by atoms with Gasteiger partial charge in [0, 0.05) is 27.8 Å². The average Bonchev–Trinajstić information content (AvgIpc) is 3.61. The number of carbonyl (C=O) groups is 2. The van der Waals surface area contributed by atoms with Crippen LogP contribution >= 0.6 is 0 Å². The Bertz CT molecular complexity index is 1860. The van der Waals surface area contributed by atoms with E-state index in [2.05, 4.69) is 15.3 Å². The molecule has 1 aliphatic carbocycles. The van der Waals surface area contributed by atoms with E-state index in [0.717, 1.165) is 48.7 Å². The maximum atomic E-state index is 14.7. The van der Waals surface area contributed by atoms with Gasteiger partial charge in [0.05, 0.1) is 19.3 Å². The summed E-state index contributed by atoms with van der Waals surface area (Å²) in [5.41, 5.74) is 1.86. The SMILES string of the molecule is COc1cc(C(=O)NC[C@](O)(c2cc3c(c(-c4ccc(F)cc4)n2)OC[C@]3(C)C(N)=O)C(F)(F)F)cc2cc3c(nc12)CCC3. The minimum atomic E-state index is -5.35. The number of primary amides is 1. The summed E-state index contributed by atoms with van der Waals surface area (Å²) in [6.07, 6.45) is -2.77. The molecule has 0 fully saturated rings. The third-order valence-corrected chi connectivity index (χ3v) is 8.53. The first kappa shape index (κ1) is 30.3. The molecule has 0 spiro atoms. The maximum Gasteiger partial charge on any atom is 0.424 e. The van der Waals surface area contributed by atoms with E-state index in [1.165, 1.54) is 38.3 Å². The summed E-state index contributed by atoms with van der Waals surface area (Å²) in [7, 11) is 1.40. The number of halogens is 4. The van der Waals surface area contributed by atoms with Gasteiger partial charge in [0.1, 0.15) is 40.5 Å². The maximum absolute atomic E-state index is 14.7. The van der Waals surface area contributed by atoms with Crippen molar-refractivity contribution in [1.82, 2.24) is 15.3 Å². The van der Waals surface area contributed by atoms with Crippen LogP contribution in [0.4, 0.5) is 17.6 Å². The zero-order valence-electron chi connectivity index (χ0n) is 24.2. The van der Waals surface area contributed by atoms with Crippen molar-refractivity contribution in [2.75, 3.05) is 20.3 Å². The molecule has 2 aliphatic rings. The Kier molecular flexibility index (Phi) is 7.18. The highest BCUT2D eigenvalue weighted by Crippen LogP contribution is 2.47. The largest absolute Gasteiger partial charge is 0.494 e. The fourth-order valence-corrected chi connectivity index (χ4v) is 5.75. The number of alkyl halides is 3. The lowest BCUT2D eigenvalue weighted by Gasteiger charge is -2.31. The van der Waals surface area contributed by atoms with E-state index in [1.54, 1.807) is 0 Å². The Labute approximate surface area is 254 Å². The molecule has 1 aliphatic heterocycles. The fraction of sp³-hybridized carbons (Fsp3) is 0.312. The van der Waals surface area contributed by atoms with E-state index in [4.69, 9.17) is 15.2 Å². The molecule has 45 heavy (non-hydrogen) atoms. The lowest BCUT2D eigenvalue weighted by molar-refractivity contribution is -0.265. The third kappa shape index (κ3) is 5.00. The van der Waals surface area contributed by atoms with Gasteiger partial charge in [0.2, 0.25) is 11.5 Å². The summed E-state index contributed by atoms with van der Waals surface area (Å²) in [6, 6.07) is 10.4. The van der Waals surface area contributed by atoms with Crippen molar-refractivity contribution in [3.05, 3.63) is 82.4 Å². The number of methoxy groups -OCH3 is 1. The quantitative estimate of drug-likeness (QED) is 0.262. The van der Waals surface area contributed by atoms with Crippen molar-refractivity contribution in [1.29, 1.82) is 0 Å². The van der Waals surface area contributed by atoms with Crippen molar-refractivity contribution >= 4 is 22.7 Å². The Hall–Kier alpha value is -4.78. The number of carbonyl (C=O) groups excluding carboxylic acids is 2. The highest BCUT2D eigenvalue weighted by atomic mass is 19.4. The first-order valence-corrected chi connectivity index (χ1v) is 14.1. The molecule has 4 N–H and O–H groups in total. The van der Waals surface area contributed by atoms with Crippen LogP contribution in [0.2, 0.25) is 0 Å². The number of fused-ring (bicyclic) bond motifs is 3. The second-order valence-electron chi connectivity index (χ2n) is 11.5. The summed E-state index contributed by atoms with van der Waals surface area (Å²) in [6.45, 7) is -0.230. The van der Waals surface area contributed by atoms with Gasteiger partial charge in [0.25, 0.3) is 5.91 Å². The average molecular weight is 625 g/mol. The van der Waals surface area contributed by atoms with Crippen LogP contribution < -0.4 is 20.5 Å². The number of aliphatic hydroxyl groups is 1. The normalized spacial score (nSPS) is 18.6. The first-order chi connectivity index (χ1) is 21.2. The van der Waals surface area contributed by atoms with Crippen LogP contribution in [0, 0.1) is 5.82 Å². The molecule has 13 heteroatoms. The van der Waals surface area contributed by atoms with Gasteiger partial charge in [0.15, 0.2) is 0 Å². The number of nitrogens with two attached hydrogens (primary N) is 1. The molecule has 0 saturated carbocycles. The van der Waals surface area contributed by atoms with Gasteiger partial charge in [-0.1, -0.05) is 0 Å². The van der Waals surface area contributed by atoms with Crippen molar-refractivity contribution in [2.24, 2.45) is 5.73 Å². The molecule has 2 aromatic heterocycles. The number of nitrogens with one attached hydrogen (secondary N) is 1. The minimum Gasteiger partial charge on any atom is -0.494 e. The van der Waals surface area contributed by atoms with Crippen LogP contribution in [0.5, 0.6) is 11.5 Å². The number of ether oxygens (including phenoxy) is 2. The zero-order chi connectivity index (χ0) is 32.3. The Balaban J connectivity index is 1.41. The number of amides is 2. The molecule has 3 heterocycles. The molecule has 2 aromatic carbocycles. The smallest absolute Gasteiger partial charge is 0.424 e. The van der Waals surface area contributed by atoms with Crippen LogP contribution in [-0.2, 0) is 28.7 Å². The number of pyridine rings is 2. The molecule has 6 rings (SSSR count). The van der Waals surface area contributed by atoms with Crippen molar-refractivity contribution in [2.45, 2.75) is 43.4 Å². The topological polar surface area (TPSA) is 137 Å². The van der Waals surface area contributed by atoms with Gasteiger partial charge in [-0.05, 0) is 80.3 Å². The summed E-state index contributed by atoms with van der Waals surface area (Å²) >= 11 is 0. The summed E-state index contributed by atoms with van der Waals surface area (Å²) < 4.78 is 69.0. The van der Waals surface area contributed by atoms with Crippen LogP contribution in [0.3, 0.4) is 0 Å². The van der Waals surface area contributed by atoms with E-state index < -0.39 is 47.1 Å². The summed E-state index contributed by atoms with van der Waals surface area (Å²) in [5, 5.41) is 14.1. The van der Waals surface area contributed by atoms with Crippen LogP contribution in [0.25, 0.3) is 22.2 Å². The van der Waals surface area contributed by atoms with E-state index in [-0.39, 0.29) is 40.5 Å². The standard InChI is InChI=1S/C32H28F4N4O5/c1-30(29(37)42)15-45-27-21(30)13-24(40-26(27)16-6-8-20(33)9-7-16)31(43,32(34,35)36)14-38-28(41)19-11-18-10-17-4-3-5-22(17)39-25(18)23(12-19)44-2/h6-13,43H,3-5,14-15H2,1-2H3,(H2,37,42)(H,38,41)/t30-,31-/m0/s1. The summed E-state index contributed by atoms with van der Waals surface area (Å²) in [5.74, 6) is -2.15. The number of hydrogen-bond donors (Lipinski definition) is 3. The number of hydrogen-bond acceptors (Lipinski definition) is 7. The Morgan fingerprint density at radius 2 is 1.84 bits per heavy atom. The minimum absolute atomic E-state index is 0.00719. The number of rotatable bonds is 7. The fourth-order valence-electron chi connectivity index (χ4n) is 5.75. The first-order valence-electron chi connectivity index (χ1n) is 14.1. The molecule has 0 saturated heterocycles. The second-order valence-corrected chi connectivity index (χ2v) is 11.5. The molecule has 0 radical (unpaired) electrons. The van der Waals surface area contributed by atoms with Gasteiger partial charge >= 0.3 is 6.18 Å². The van der Waals surface area contributed by atoms with Gasteiger partial charge in [-0.25, -0.2) is 14.4 Å². The Morgan fingerprint density at radius 1 is 1.11 bits per heavy atom. The number of benzene rings is 2. The zero-order valence-corrected chi connectivity index (χ0v) is 24.2. The molecular formula is C32H28F4N4O5. The number of nitrogens with zero attached hydrogens (tertiary/aromatic N) is 2. The molecular weight excluding hydrogens is 596 g/mol. The number of aromatic nitrogens is 2. The second kappa shape index (κ2) is 10.7. The lowest BCUT2D eigenvalue weighted by Crippen LogP contribution is -2.51. The molecule has 2 atom stereocenters. The van der Waals surface area contributed by atoms with E-state index in [0.29, 0.717) is 10.9 Å². The van der Waals surface area contributed by atoms with E-state index in [9.17, 15) is 32.3 Å². The summed E-state index contributed by atoms with van der Waals surface area (Å²) in [4.78, 5) is 34.5. The van der Waals surface area contributed by atoms with Crippen molar-refractivity contribution < 1.29 is 41.7 Å². The van der Waals surface area contributed by atoms with Crippen LogP contribution in [0.1, 0.15) is 46.2 Å². The van der Waals surface area contributed by atoms with E-state index >= 15 is 0 Å². The monoisotopic (exact) mass is 624 g/mol. The highest BCUT2D eigenvalue weighted by molar-refractivity contribution is 6.00. The van der Waals surface area contributed by atoms with Gasteiger partial charge in [-0.15, -0.1) is 0 Å². The molecule has 0 bridgehead atoms. The Morgan fingerprint density at radius 3 is 2.51 bits per heavy atom. The van der Waals surface area contributed by atoms with Gasteiger partial charge in [-0.2, -0.15) is 13.2 Å². The number of aryl methyl sites for hydroxylation is 2. The van der Waals surface area contributed by atoms with E-state index in [1.807, 2.05) is 6.07 Å². The van der Waals surface area contributed by atoms with Gasteiger partial charge < -0.3 is 25.6 Å². The third-order valence-electron chi connectivity index (χ3n) is 8.53. The van der Waals surface area contributed by atoms with Crippen LogP contribution in [0.15, 0.2) is 48.5 Å². The van der Waals surface area contributed by atoms with Crippen molar-refractivity contribution in [3.63, 3.8) is 0 Å². The predicted molar refractivity (Wildman–Crippen MR) is 154 cm³/mol. The molecule has 2 amide bonds. The molecule has 0 unspecified atom stereocenters. The predicted octanol–water partition coefficient (Wildman–Crippen LogP) is 4.25. The lowest BCUT2D eigenvalue weighted by atomic mass is 9.81. The molecule has 4 aromatic rings. The van der Waals surface area contributed by atoms with Crippen LogP contribution in [-0.4, -0.2) is 53.3 Å². The highest BCUT2D eigenvalue weighted by Gasteiger charge is 2.57. The molecule has 234 valence electrons. The molecule has 9 nitrogen and oxygen atoms in total. The van der Waals surface area contributed by atoms with Crippen molar-refractivity contribution in [3.8, 4) is 22.8 Å². The van der Waals surface area contributed by atoms with Gasteiger partial charge in [-0.3, -0.25) is 9.59 Å².